The van der Waals surface area contributed by atoms with Crippen molar-refractivity contribution in [2.75, 3.05) is 18.4 Å². The molecule has 3 amide bonds. The van der Waals surface area contributed by atoms with Crippen LogP contribution in [0.3, 0.4) is 0 Å². The Hall–Kier alpha value is -3.84. The Balaban J connectivity index is 1.23. The van der Waals surface area contributed by atoms with Crippen molar-refractivity contribution in [3.8, 4) is 0 Å². The minimum atomic E-state index is -0.415. The highest BCUT2D eigenvalue weighted by atomic mass is 16.2. The molecule has 0 radical (unpaired) electrons. The van der Waals surface area contributed by atoms with E-state index in [1.54, 1.807) is 30.5 Å². The van der Waals surface area contributed by atoms with Crippen molar-refractivity contribution in [2.24, 2.45) is 5.92 Å². The lowest BCUT2D eigenvalue weighted by molar-refractivity contribution is 0.0640. The van der Waals surface area contributed by atoms with Gasteiger partial charge in [0.15, 0.2) is 0 Å². The number of piperidine rings is 1. The Labute approximate surface area is 204 Å². The number of pyridine rings is 1. The van der Waals surface area contributed by atoms with Gasteiger partial charge in [-0.05, 0) is 79.9 Å². The zero-order valence-corrected chi connectivity index (χ0v) is 19.7. The highest BCUT2D eigenvalue weighted by Gasteiger charge is 2.36. The lowest BCUT2D eigenvalue weighted by Crippen LogP contribution is -2.32. The molecule has 0 atom stereocenters. The number of benzene rings is 2. The third-order valence-electron chi connectivity index (χ3n) is 6.77. The van der Waals surface area contributed by atoms with E-state index >= 15 is 0 Å². The van der Waals surface area contributed by atoms with E-state index < -0.39 is 5.91 Å². The summed E-state index contributed by atoms with van der Waals surface area (Å²) in [4.78, 5) is 46.3. The standard InChI is InChI=1S/C28H28N4O3/c1-19-11-14-31(15-12-19)17-20-5-8-22(9-6-20)30-26(33)21-7-10-24-25(16-21)28(35)32(27(24)34)18-23-4-2-3-13-29-23/h2-10,13,16,19H,11-12,14-15,17-18H2,1H3,(H,30,33). The summed E-state index contributed by atoms with van der Waals surface area (Å²) in [7, 11) is 0. The molecule has 1 saturated heterocycles. The van der Waals surface area contributed by atoms with Crippen LogP contribution >= 0.6 is 0 Å². The number of rotatable bonds is 6. The highest BCUT2D eigenvalue weighted by molar-refractivity contribution is 6.22. The van der Waals surface area contributed by atoms with Crippen molar-refractivity contribution in [3.05, 3.63) is 94.8 Å². The van der Waals surface area contributed by atoms with E-state index in [2.05, 4.69) is 22.1 Å². The fourth-order valence-electron chi connectivity index (χ4n) is 4.60. The van der Waals surface area contributed by atoms with Crippen molar-refractivity contribution in [3.63, 3.8) is 0 Å². The van der Waals surface area contributed by atoms with Crippen LogP contribution < -0.4 is 5.32 Å². The van der Waals surface area contributed by atoms with Crippen LogP contribution in [-0.4, -0.2) is 45.6 Å². The molecule has 0 aliphatic carbocycles. The van der Waals surface area contributed by atoms with E-state index in [-0.39, 0.29) is 23.9 Å². The summed E-state index contributed by atoms with van der Waals surface area (Å²) in [6.07, 6.45) is 4.10. The second-order valence-corrected chi connectivity index (χ2v) is 9.39. The third kappa shape index (κ3) is 5.00. The maximum atomic E-state index is 12.9. The Morgan fingerprint density at radius 3 is 2.40 bits per heavy atom. The molecule has 0 spiro atoms. The van der Waals surface area contributed by atoms with E-state index in [4.69, 9.17) is 0 Å². The van der Waals surface area contributed by atoms with E-state index in [1.165, 1.54) is 24.5 Å². The first-order chi connectivity index (χ1) is 17.0. The Bertz CT molecular complexity index is 1250. The molecule has 1 aromatic heterocycles. The molecular formula is C28H28N4O3. The van der Waals surface area contributed by atoms with E-state index in [1.807, 2.05) is 30.3 Å². The summed E-state index contributed by atoms with van der Waals surface area (Å²) in [5, 5.41) is 2.89. The van der Waals surface area contributed by atoms with Crippen molar-refractivity contribution < 1.29 is 14.4 Å². The number of aromatic nitrogens is 1. The molecule has 1 N–H and O–H groups in total. The number of nitrogens with one attached hydrogen (secondary N) is 1. The Morgan fingerprint density at radius 2 is 1.69 bits per heavy atom. The molecule has 0 unspecified atom stereocenters. The number of amides is 3. The number of hydrogen-bond donors (Lipinski definition) is 1. The Kier molecular flexibility index (Phi) is 6.42. The molecule has 35 heavy (non-hydrogen) atoms. The van der Waals surface area contributed by atoms with Crippen molar-refractivity contribution >= 4 is 23.4 Å². The van der Waals surface area contributed by atoms with Gasteiger partial charge in [-0.3, -0.25) is 29.2 Å². The summed E-state index contributed by atoms with van der Waals surface area (Å²) in [6.45, 7) is 5.56. The lowest BCUT2D eigenvalue weighted by atomic mass is 9.99. The van der Waals surface area contributed by atoms with Crippen LogP contribution in [0.15, 0.2) is 66.9 Å². The fraction of sp³-hybridized carbons (Fsp3) is 0.286. The third-order valence-corrected chi connectivity index (χ3v) is 6.77. The number of anilines is 1. The minimum Gasteiger partial charge on any atom is -0.322 e. The number of carbonyl (C=O) groups is 3. The van der Waals surface area contributed by atoms with Gasteiger partial charge in [0, 0.05) is 24.0 Å². The molecule has 3 aromatic rings. The summed E-state index contributed by atoms with van der Waals surface area (Å²) in [5.41, 5.74) is 3.40. The van der Waals surface area contributed by atoms with Gasteiger partial charge in [0.1, 0.15) is 0 Å². The van der Waals surface area contributed by atoms with Crippen molar-refractivity contribution in [2.45, 2.75) is 32.9 Å². The number of likely N-dealkylation sites (tertiary alicyclic amines) is 1. The monoisotopic (exact) mass is 468 g/mol. The minimum absolute atomic E-state index is 0.0948. The van der Waals surface area contributed by atoms with E-state index in [0.717, 1.165) is 30.5 Å². The molecule has 2 aromatic carbocycles. The molecule has 2 aliphatic heterocycles. The second-order valence-electron chi connectivity index (χ2n) is 9.39. The number of carbonyl (C=O) groups excluding carboxylic acids is 3. The normalized spacial score (nSPS) is 16.4. The molecule has 5 rings (SSSR count). The summed E-state index contributed by atoms with van der Waals surface area (Å²) in [6, 6.07) is 17.8. The molecule has 0 saturated carbocycles. The average Bonchev–Trinajstić information content (AvgIpc) is 3.11. The number of nitrogens with zero attached hydrogens (tertiary/aromatic N) is 3. The zero-order valence-electron chi connectivity index (χ0n) is 19.7. The van der Waals surface area contributed by atoms with Crippen LogP contribution in [0.2, 0.25) is 0 Å². The topological polar surface area (TPSA) is 82.6 Å². The van der Waals surface area contributed by atoms with Gasteiger partial charge in [-0.25, -0.2) is 0 Å². The molecular weight excluding hydrogens is 440 g/mol. The summed E-state index contributed by atoms with van der Waals surface area (Å²) >= 11 is 0. The Morgan fingerprint density at radius 1 is 0.943 bits per heavy atom. The predicted octanol–water partition coefficient (Wildman–Crippen LogP) is 4.36. The van der Waals surface area contributed by atoms with Gasteiger partial charge in [-0.15, -0.1) is 0 Å². The van der Waals surface area contributed by atoms with Crippen LogP contribution in [0.1, 0.15) is 62.1 Å². The summed E-state index contributed by atoms with van der Waals surface area (Å²) in [5.74, 6) is -0.308. The van der Waals surface area contributed by atoms with Gasteiger partial charge in [0.05, 0.1) is 23.4 Å². The van der Waals surface area contributed by atoms with Crippen LogP contribution in [0.25, 0.3) is 0 Å². The largest absolute Gasteiger partial charge is 0.322 e. The second kappa shape index (κ2) is 9.80. The maximum absolute atomic E-state index is 12.9. The van der Waals surface area contributed by atoms with Crippen LogP contribution in [0.4, 0.5) is 5.69 Å². The molecule has 3 heterocycles. The number of imide groups is 1. The average molecular weight is 469 g/mol. The van der Waals surface area contributed by atoms with Gasteiger partial charge in [0.25, 0.3) is 17.7 Å². The maximum Gasteiger partial charge on any atom is 0.261 e. The van der Waals surface area contributed by atoms with Gasteiger partial charge in [0.2, 0.25) is 0 Å². The van der Waals surface area contributed by atoms with E-state index in [9.17, 15) is 14.4 Å². The van der Waals surface area contributed by atoms with Gasteiger partial charge >= 0.3 is 0 Å². The van der Waals surface area contributed by atoms with Gasteiger partial charge in [-0.1, -0.05) is 25.1 Å². The number of hydrogen-bond acceptors (Lipinski definition) is 5. The SMILES string of the molecule is CC1CCN(Cc2ccc(NC(=O)c3ccc4c(c3)C(=O)N(Cc3ccccn3)C4=O)cc2)CC1. The van der Waals surface area contributed by atoms with Crippen LogP contribution in [0.5, 0.6) is 0 Å². The molecule has 1 fully saturated rings. The van der Waals surface area contributed by atoms with E-state index in [0.29, 0.717) is 22.5 Å². The molecule has 178 valence electrons. The predicted molar refractivity (Wildman–Crippen MR) is 133 cm³/mol. The van der Waals surface area contributed by atoms with Gasteiger partial charge < -0.3 is 5.32 Å². The fourth-order valence-corrected chi connectivity index (χ4v) is 4.60. The molecule has 0 bridgehead atoms. The summed E-state index contributed by atoms with van der Waals surface area (Å²) < 4.78 is 0. The molecule has 2 aliphatic rings. The highest BCUT2D eigenvalue weighted by Crippen LogP contribution is 2.26. The first-order valence-corrected chi connectivity index (χ1v) is 12.0. The quantitative estimate of drug-likeness (QED) is 0.544. The van der Waals surface area contributed by atoms with Crippen LogP contribution in [0, 0.1) is 5.92 Å². The number of fused-ring (bicyclic) bond motifs is 1. The molecule has 7 heteroatoms. The lowest BCUT2D eigenvalue weighted by Gasteiger charge is -2.30. The van der Waals surface area contributed by atoms with Crippen molar-refractivity contribution in [1.29, 1.82) is 0 Å². The first-order valence-electron chi connectivity index (χ1n) is 12.0. The van der Waals surface area contributed by atoms with Crippen molar-refractivity contribution in [1.82, 2.24) is 14.8 Å². The smallest absolute Gasteiger partial charge is 0.261 e. The molecule has 7 nitrogen and oxygen atoms in total. The van der Waals surface area contributed by atoms with Crippen LogP contribution in [-0.2, 0) is 13.1 Å². The van der Waals surface area contributed by atoms with Gasteiger partial charge in [-0.2, -0.15) is 0 Å². The zero-order chi connectivity index (χ0) is 24.4. The first kappa shape index (κ1) is 22.9.